The van der Waals surface area contributed by atoms with E-state index in [0.717, 1.165) is 30.5 Å². The molecule has 1 aromatic rings. The van der Waals surface area contributed by atoms with Crippen molar-refractivity contribution in [3.63, 3.8) is 0 Å². The molecule has 0 fully saturated rings. The molecule has 0 unspecified atom stereocenters. The van der Waals surface area contributed by atoms with E-state index in [0.29, 0.717) is 11.7 Å². The molecule has 114 valence electrons. The fourth-order valence-electron chi connectivity index (χ4n) is 3.26. The average Bonchev–Trinajstić information content (AvgIpc) is 2.75. The summed E-state index contributed by atoms with van der Waals surface area (Å²) < 4.78 is 5.55. The molecule has 1 aliphatic heterocycles. The normalized spacial score (nSPS) is 20.4. The van der Waals surface area contributed by atoms with Crippen molar-refractivity contribution < 1.29 is 9.53 Å². The molecule has 0 saturated heterocycles. The predicted octanol–water partition coefficient (Wildman–Crippen LogP) is 4.17. The minimum absolute atomic E-state index is 0.0991. The van der Waals surface area contributed by atoms with Crippen LogP contribution in [0.15, 0.2) is 0 Å². The van der Waals surface area contributed by atoms with Gasteiger partial charge in [0.1, 0.15) is 10.8 Å². The van der Waals surface area contributed by atoms with Crippen molar-refractivity contribution in [2.75, 3.05) is 0 Å². The molecule has 2 aliphatic rings. The van der Waals surface area contributed by atoms with Crippen LogP contribution in [0.2, 0.25) is 5.15 Å². The van der Waals surface area contributed by atoms with Gasteiger partial charge >= 0.3 is 6.09 Å². The summed E-state index contributed by atoms with van der Waals surface area (Å²) in [4.78, 5) is 18.8. The van der Waals surface area contributed by atoms with Gasteiger partial charge < -0.3 is 4.74 Å². The monoisotopic (exact) mass is 308 g/mol. The van der Waals surface area contributed by atoms with Crippen LogP contribution in [0.5, 0.6) is 0 Å². The van der Waals surface area contributed by atoms with Gasteiger partial charge in [-0.15, -0.1) is 0 Å². The number of aryl methyl sites for hydroxylation is 1. The fraction of sp³-hybridized carbons (Fsp3) is 0.625. The van der Waals surface area contributed by atoms with E-state index in [-0.39, 0.29) is 12.1 Å². The number of rotatable bonds is 0. The Bertz CT molecular complexity index is 607. The van der Waals surface area contributed by atoms with E-state index in [4.69, 9.17) is 16.3 Å². The number of ether oxygens (including phenoxy) is 1. The van der Waals surface area contributed by atoms with E-state index < -0.39 is 5.60 Å². The van der Waals surface area contributed by atoms with Crippen molar-refractivity contribution in [3.8, 4) is 0 Å². The Hall–Kier alpha value is -1.29. The first-order valence-corrected chi connectivity index (χ1v) is 7.83. The van der Waals surface area contributed by atoms with Crippen molar-refractivity contribution in [1.82, 2.24) is 9.88 Å². The minimum atomic E-state index is -0.478. The van der Waals surface area contributed by atoms with Crippen molar-refractivity contribution >= 4 is 17.7 Å². The molecular weight excluding hydrogens is 288 g/mol. The molecule has 0 saturated carbocycles. The number of carbonyl (C=O) groups is 1. The lowest BCUT2D eigenvalue weighted by Crippen LogP contribution is -2.36. The van der Waals surface area contributed by atoms with Crippen LogP contribution in [0.1, 0.15) is 62.0 Å². The van der Waals surface area contributed by atoms with E-state index in [1.54, 1.807) is 0 Å². The maximum Gasteiger partial charge on any atom is 0.411 e. The summed E-state index contributed by atoms with van der Waals surface area (Å²) >= 11 is 6.24. The van der Waals surface area contributed by atoms with Crippen LogP contribution in [0.3, 0.4) is 0 Å². The molecule has 1 amide bonds. The van der Waals surface area contributed by atoms with Crippen LogP contribution < -0.4 is 0 Å². The quantitative estimate of drug-likeness (QED) is 0.675. The SMILES string of the molecule is Cc1c(Cl)nc2c3c1CN(C(=O)OC(C)(C)C)[C@H]3CCC2. The summed E-state index contributed by atoms with van der Waals surface area (Å²) in [6.45, 7) is 8.24. The zero-order chi connectivity index (χ0) is 15.4. The Morgan fingerprint density at radius 1 is 1.43 bits per heavy atom. The minimum Gasteiger partial charge on any atom is -0.444 e. The smallest absolute Gasteiger partial charge is 0.411 e. The third kappa shape index (κ3) is 2.50. The lowest BCUT2D eigenvalue weighted by Gasteiger charge is -2.30. The van der Waals surface area contributed by atoms with Gasteiger partial charge in [-0.2, -0.15) is 0 Å². The third-order valence-electron chi connectivity index (χ3n) is 4.19. The first-order chi connectivity index (χ1) is 9.78. The number of carbonyl (C=O) groups excluding carboxylic acids is 1. The van der Waals surface area contributed by atoms with E-state index in [9.17, 15) is 4.79 Å². The first-order valence-electron chi connectivity index (χ1n) is 7.45. The van der Waals surface area contributed by atoms with Crippen molar-refractivity contribution in [1.29, 1.82) is 0 Å². The summed E-state index contributed by atoms with van der Waals surface area (Å²) in [6.07, 6.45) is 2.71. The predicted molar refractivity (Wildman–Crippen MR) is 81.4 cm³/mol. The second-order valence-electron chi connectivity index (χ2n) is 6.88. The van der Waals surface area contributed by atoms with Crippen LogP contribution in [0.25, 0.3) is 0 Å². The van der Waals surface area contributed by atoms with Gasteiger partial charge in [0.2, 0.25) is 0 Å². The number of hydrogen-bond acceptors (Lipinski definition) is 3. The van der Waals surface area contributed by atoms with Crippen molar-refractivity contribution in [3.05, 3.63) is 27.5 Å². The molecule has 3 rings (SSSR count). The molecule has 1 aromatic heterocycles. The molecule has 0 spiro atoms. The van der Waals surface area contributed by atoms with Gasteiger partial charge in [-0.3, -0.25) is 4.90 Å². The molecule has 0 aromatic carbocycles. The lowest BCUT2D eigenvalue weighted by atomic mass is 9.89. The topological polar surface area (TPSA) is 42.4 Å². The number of nitrogens with zero attached hydrogens (tertiary/aromatic N) is 2. The van der Waals surface area contributed by atoms with E-state index in [2.05, 4.69) is 4.98 Å². The van der Waals surface area contributed by atoms with Crippen LogP contribution in [0, 0.1) is 6.92 Å². The van der Waals surface area contributed by atoms with Crippen LogP contribution >= 0.6 is 11.6 Å². The largest absolute Gasteiger partial charge is 0.444 e. The molecule has 1 aliphatic carbocycles. The second-order valence-corrected chi connectivity index (χ2v) is 7.24. The van der Waals surface area contributed by atoms with Gasteiger partial charge in [-0.25, -0.2) is 9.78 Å². The fourth-order valence-corrected chi connectivity index (χ4v) is 3.48. The Morgan fingerprint density at radius 3 is 2.81 bits per heavy atom. The van der Waals surface area contributed by atoms with E-state index in [1.165, 1.54) is 11.1 Å². The van der Waals surface area contributed by atoms with Gasteiger partial charge in [0.05, 0.1) is 12.6 Å². The highest BCUT2D eigenvalue weighted by molar-refractivity contribution is 6.30. The zero-order valence-corrected chi connectivity index (χ0v) is 13.8. The van der Waals surface area contributed by atoms with Gasteiger partial charge in [0.15, 0.2) is 0 Å². The Kier molecular flexibility index (Phi) is 3.40. The van der Waals surface area contributed by atoms with Gasteiger partial charge in [0, 0.05) is 11.3 Å². The molecule has 0 N–H and O–H groups in total. The van der Waals surface area contributed by atoms with E-state index in [1.807, 2.05) is 32.6 Å². The molecule has 4 nitrogen and oxygen atoms in total. The molecular formula is C16H21ClN2O2. The van der Waals surface area contributed by atoms with Crippen molar-refractivity contribution in [2.45, 2.75) is 65.1 Å². The number of aromatic nitrogens is 1. The standard InChI is InChI=1S/C16H21ClN2O2/c1-9-10-8-19(15(20)21-16(2,3)4)12-7-5-6-11(13(10)12)18-14(9)17/h12H,5-8H2,1-4H3/t12-/m0/s1. The highest BCUT2D eigenvalue weighted by atomic mass is 35.5. The van der Waals surface area contributed by atoms with Gasteiger partial charge in [-0.05, 0) is 58.1 Å². The summed E-state index contributed by atoms with van der Waals surface area (Å²) in [5.41, 5.74) is 3.96. The number of hydrogen-bond donors (Lipinski definition) is 0. The summed E-state index contributed by atoms with van der Waals surface area (Å²) in [5, 5.41) is 0.565. The maximum absolute atomic E-state index is 12.5. The Morgan fingerprint density at radius 2 is 2.14 bits per heavy atom. The molecule has 5 heteroatoms. The highest BCUT2D eigenvalue weighted by Gasteiger charge is 2.40. The van der Waals surface area contributed by atoms with E-state index >= 15 is 0 Å². The highest BCUT2D eigenvalue weighted by Crippen LogP contribution is 2.45. The van der Waals surface area contributed by atoms with Crippen LogP contribution in [-0.2, 0) is 17.7 Å². The summed E-state index contributed by atoms with van der Waals surface area (Å²) in [7, 11) is 0. The molecule has 0 bridgehead atoms. The first kappa shape index (κ1) is 14.6. The zero-order valence-electron chi connectivity index (χ0n) is 13.0. The third-order valence-corrected chi connectivity index (χ3v) is 4.56. The van der Waals surface area contributed by atoms with Crippen molar-refractivity contribution in [2.24, 2.45) is 0 Å². The molecule has 21 heavy (non-hydrogen) atoms. The Labute approximate surface area is 130 Å². The molecule has 1 atom stereocenters. The molecule has 0 radical (unpaired) electrons. The van der Waals surface area contributed by atoms with Gasteiger partial charge in [0.25, 0.3) is 0 Å². The van der Waals surface area contributed by atoms with Crippen LogP contribution in [0.4, 0.5) is 4.79 Å². The number of amides is 1. The Balaban J connectivity index is 1.98. The average molecular weight is 309 g/mol. The maximum atomic E-state index is 12.5. The lowest BCUT2D eigenvalue weighted by molar-refractivity contribution is 0.0158. The molecule has 2 heterocycles. The second kappa shape index (κ2) is 4.87. The number of halogens is 1. The van der Waals surface area contributed by atoms with Gasteiger partial charge in [-0.1, -0.05) is 11.6 Å². The summed E-state index contributed by atoms with van der Waals surface area (Å²) in [6, 6.07) is 0.0991. The number of pyridine rings is 1. The van der Waals surface area contributed by atoms with Crippen LogP contribution in [-0.4, -0.2) is 21.6 Å². The summed E-state index contributed by atoms with van der Waals surface area (Å²) in [5.74, 6) is 0.